The molecule has 4 nitrogen and oxygen atoms in total. The van der Waals surface area contributed by atoms with Crippen molar-refractivity contribution in [3.63, 3.8) is 0 Å². The average molecular weight is 1030 g/mol. The molecule has 392 valence electrons. The highest BCUT2D eigenvalue weighted by molar-refractivity contribution is 7.00. The van der Waals surface area contributed by atoms with Gasteiger partial charge < -0.3 is 18.3 Å². The minimum Gasteiger partial charge on any atom is -0.332 e. The van der Waals surface area contributed by atoms with Gasteiger partial charge in [-0.3, -0.25) is 0 Å². The van der Waals surface area contributed by atoms with Crippen molar-refractivity contribution in [2.45, 2.75) is 149 Å². The fourth-order valence-electron chi connectivity index (χ4n) is 17.6. The van der Waals surface area contributed by atoms with Crippen molar-refractivity contribution in [3.8, 4) is 17.1 Å². The second kappa shape index (κ2) is 14.9. The molecular formula is C74H73BN4. The summed E-state index contributed by atoms with van der Waals surface area (Å²) in [4.78, 5) is 0. The number of benzene rings is 8. The van der Waals surface area contributed by atoms with Gasteiger partial charge in [0, 0.05) is 76.6 Å². The lowest BCUT2D eigenvalue weighted by Gasteiger charge is -2.57. The summed E-state index contributed by atoms with van der Waals surface area (Å²) in [6, 6.07) is 54.3. The smallest absolute Gasteiger partial charge is 0.252 e. The SMILES string of the molecule is CC(C)(C)c1ccc2c(c1)c1cc(C(C)(C)C)cc3c1n2-c1cc(-n2c4ccccc4c4ccc5c6ccccc6n(C67CC8CC(CC(C8)C6)C7)c5c42)cc2c1B3c1cc(C(C)(C)C)cc3c4cc(C(C)(C)C)ccc4n-2c13. The minimum atomic E-state index is -0.0657. The molecule has 12 aromatic rings. The van der Waals surface area contributed by atoms with Crippen LogP contribution in [0.4, 0.5) is 0 Å². The van der Waals surface area contributed by atoms with Crippen LogP contribution in [0.5, 0.6) is 0 Å². The molecule has 0 unspecified atom stereocenters. The Labute approximate surface area is 465 Å². The molecule has 4 aliphatic carbocycles. The normalized spacial score (nSPS) is 20.8. The molecule has 6 aliphatic rings. The molecule has 0 saturated heterocycles. The van der Waals surface area contributed by atoms with Crippen molar-refractivity contribution in [2.24, 2.45) is 17.8 Å². The Bertz CT molecular complexity index is 4530. The highest BCUT2D eigenvalue weighted by Gasteiger charge is 2.53. The van der Waals surface area contributed by atoms with Gasteiger partial charge >= 0.3 is 0 Å². The fourth-order valence-corrected chi connectivity index (χ4v) is 17.6. The summed E-state index contributed by atoms with van der Waals surface area (Å²) in [7, 11) is 0. The average Bonchev–Trinajstić information content (AvgIpc) is 3.01. The maximum absolute atomic E-state index is 2.97. The number of hydrogen-bond acceptors (Lipinski definition) is 0. The molecule has 79 heavy (non-hydrogen) atoms. The molecule has 2 aliphatic heterocycles. The zero-order chi connectivity index (χ0) is 53.9. The van der Waals surface area contributed by atoms with Gasteiger partial charge in [0.2, 0.25) is 0 Å². The van der Waals surface area contributed by atoms with E-state index in [1.807, 2.05) is 0 Å². The van der Waals surface area contributed by atoms with Crippen LogP contribution in [0.1, 0.15) is 144 Å². The van der Waals surface area contributed by atoms with Crippen molar-refractivity contribution in [1.29, 1.82) is 0 Å². The van der Waals surface area contributed by atoms with E-state index in [2.05, 4.69) is 235 Å². The third-order valence-electron chi connectivity index (χ3n) is 21.0. The Morgan fingerprint density at radius 3 is 1.27 bits per heavy atom. The van der Waals surface area contributed by atoms with E-state index in [1.54, 1.807) is 0 Å². The van der Waals surface area contributed by atoms with Crippen LogP contribution in [0.25, 0.3) is 104 Å². The largest absolute Gasteiger partial charge is 0.332 e. The number of hydrogen-bond donors (Lipinski definition) is 0. The Morgan fingerprint density at radius 1 is 0.367 bits per heavy atom. The molecule has 0 amide bonds. The van der Waals surface area contributed by atoms with Crippen LogP contribution >= 0.6 is 0 Å². The molecule has 4 saturated carbocycles. The first-order chi connectivity index (χ1) is 37.6. The Hall–Kier alpha value is -6.98. The Kier molecular flexibility index (Phi) is 8.83. The van der Waals surface area contributed by atoms with Crippen molar-refractivity contribution in [3.05, 3.63) is 156 Å². The summed E-state index contributed by atoms with van der Waals surface area (Å²) in [6.07, 6.45) is 8.14. The van der Waals surface area contributed by atoms with E-state index in [9.17, 15) is 0 Å². The van der Waals surface area contributed by atoms with Crippen LogP contribution in [0.3, 0.4) is 0 Å². The summed E-state index contributed by atoms with van der Waals surface area (Å²) in [5, 5.41) is 10.9. The van der Waals surface area contributed by atoms with Crippen molar-refractivity contribution < 1.29 is 0 Å². The van der Waals surface area contributed by atoms with Gasteiger partial charge in [0.1, 0.15) is 0 Å². The molecule has 0 atom stereocenters. The van der Waals surface area contributed by atoms with Gasteiger partial charge in [-0.15, -0.1) is 0 Å². The molecule has 4 bridgehead atoms. The van der Waals surface area contributed by atoms with Crippen molar-refractivity contribution in [1.82, 2.24) is 18.3 Å². The van der Waals surface area contributed by atoms with Gasteiger partial charge in [-0.25, -0.2) is 0 Å². The first-order valence-corrected chi connectivity index (χ1v) is 30.0. The van der Waals surface area contributed by atoms with E-state index in [4.69, 9.17) is 0 Å². The molecule has 5 heteroatoms. The Morgan fingerprint density at radius 2 is 0.785 bits per heavy atom. The van der Waals surface area contributed by atoms with E-state index >= 15 is 0 Å². The van der Waals surface area contributed by atoms with Gasteiger partial charge in [-0.05, 0) is 177 Å². The van der Waals surface area contributed by atoms with E-state index in [0.29, 0.717) is 0 Å². The van der Waals surface area contributed by atoms with Gasteiger partial charge in [0.25, 0.3) is 6.71 Å². The second-order valence-electron chi connectivity index (χ2n) is 30.1. The van der Waals surface area contributed by atoms with Gasteiger partial charge in [-0.1, -0.05) is 156 Å². The van der Waals surface area contributed by atoms with Gasteiger partial charge in [0.05, 0.1) is 33.3 Å². The molecule has 0 radical (unpaired) electrons. The van der Waals surface area contributed by atoms with Crippen LogP contribution in [0.2, 0.25) is 0 Å². The molecule has 0 N–H and O–H groups in total. The first kappa shape index (κ1) is 46.9. The lowest BCUT2D eigenvalue weighted by Crippen LogP contribution is -2.59. The number of aromatic nitrogens is 4. The van der Waals surface area contributed by atoms with Crippen LogP contribution < -0.4 is 16.4 Å². The number of rotatable bonds is 2. The molecule has 4 aromatic heterocycles. The number of nitrogens with zero attached hydrogens (tertiary/aromatic N) is 4. The van der Waals surface area contributed by atoms with Crippen LogP contribution in [-0.2, 0) is 27.2 Å². The lowest BCUT2D eigenvalue weighted by molar-refractivity contribution is -0.0386. The predicted octanol–water partition coefficient (Wildman–Crippen LogP) is 17.3. The molecule has 8 aromatic carbocycles. The number of para-hydroxylation sites is 2. The van der Waals surface area contributed by atoms with E-state index < -0.39 is 0 Å². The minimum absolute atomic E-state index is 0.00603. The highest BCUT2D eigenvalue weighted by Crippen LogP contribution is 2.61. The standard InChI is InChI=1S/C74H73BN4/c1-70(2,3)44-21-25-60-53(30-44)55-32-46(72(7,8)9)34-57-66(55)77(60)63-36-48(37-64-65(63)75(57)58-35-47(73(10,11)12)33-56-54-31-45(71(4,5)6)22-26-61(54)78(64)67(56)58)76-59-19-15-13-17-49(59)51-23-24-52-50-18-14-16-20-62(50)79(69(52)68(51)76)74-38-41-27-42(39-74)29-43(28-41)40-74/h13-26,30-37,41-43H,27-29,38-40H2,1-12H3. The van der Waals surface area contributed by atoms with E-state index in [-0.39, 0.29) is 33.9 Å². The summed E-state index contributed by atoms with van der Waals surface area (Å²) in [5.74, 6) is 2.46. The molecule has 0 spiro atoms. The third-order valence-corrected chi connectivity index (χ3v) is 21.0. The van der Waals surface area contributed by atoms with Crippen molar-refractivity contribution in [2.75, 3.05) is 0 Å². The molecule has 4 fully saturated rings. The van der Waals surface area contributed by atoms with E-state index in [0.717, 1.165) is 17.8 Å². The lowest BCUT2D eigenvalue weighted by atomic mass is 9.34. The predicted molar refractivity (Wildman–Crippen MR) is 338 cm³/mol. The van der Waals surface area contributed by atoms with Crippen LogP contribution in [0.15, 0.2) is 133 Å². The first-order valence-electron chi connectivity index (χ1n) is 30.0. The summed E-state index contributed by atoms with van der Waals surface area (Å²) in [5.41, 5.74) is 24.3. The molecule has 18 rings (SSSR count). The van der Waals surface area contributed by atoms with Crippen LogP contribution in [-0.4, -0.2) is 25.0 Å². The Balaban J connectivity index is 1.08. The van der Waals surface area contributed by atoms with Gasteiger partial charge in [0.15, 0.2) is 0 Å². The maximum atomic E-state index is 2.97. The summed E-state index contributed by atoms with van der Waals surface area (Å²) < 4.78 is 11.2. The quantitative estimate of drug-likeness (QED) is 0.154. The topological polar surface area (TPSA) is 19.7 Å². The molecular weight excluding hydrogens is 956 g/mol. The zero-order valence-electron chi connectivity index (χ0n) is 48.5. The van der Waals surface area contributed by atoms with Crippen LogP contribution in [0, 0.1) is 17.8 Å². The summed E-state index contributed by atoms with van der Waals surface area (Å²) >= 11 is 0. The fraction of sp³-hybridized carbons (Fsp3) is 0.351. The van der Waals surface area contributed by atoms with E-state index in [1.165, 1.54) is 181 Å². The van der Waals surface area contributed by atoms with Crippen molar-refractivity contribution >= 4 is 110 Å². The monoisotopic (exact) mass is 1030 g/mol. The summed E-state index contributed by atoms with van der Waals surface area (Å²) in [6.45, 7) is 28.7. The number of fused-ring (bicyclic) bond motifs is 17. The molecule has 6 heterocycles. The highest BCUT2D eigenvalue weighted by atomic mass is 15.1. The third kappa shape index (κ3) is 6.13. The zero-order valence-corrected chi connectivity index (χ0v) is 48.5. The van der Waals surface area contributed by atoms with Gasteiger partial charge in [-0.2, -0.15) is 0 Å². The second-order valence-corrected chi connectivity index (χ2v) is 30.1. The maximum Gasteiger partial charge on any atom is 0.252 e.